The fourth-order valence-electron chi connectivity index (χ4n) is 2.06. The molecule has 0 aromatic heterocycles. The van der Waals surface area contributed by atoms with Crippen LogP contribution in [-0.4, -0.2) is 35.9 Å². The minimum atomic E-state index is -0.449. The van der Waals surface area contributed by atoms with Crippen LogP contribution in [0.1, 0.15) is 37.6 Å². The highest BCUT2D eigenvalue weighted by Gasteiger charge is 2.19. The Morgan fingerprint density at radius 1 is 1.43 bits per heavy atom. The number of anilines is 1. The zero-order valence-corrected chi connectivity index (χ0v) is 13.0. The number of hydrogen-bond acceptors (Lipinski definition) is 4. The molecule has 0 aliphatic heterocycles. The van der Waals surface area contributed by atoms with Gasteiger partial charge < -0.3 is 10.2 Å². The summed E-state index contributed by atoms with van der Waals surface area (Å²) < 4.78 is 0. The molecule has 0 fully saturated rings. The van der Waals surface area contributed by atoms with Crippen LogP contribution in [0.2, 0.25) is 0 Å². The summed E-state index contributed by atoms with van der Waals surface area (Å²) in [5, 5.41) is 13.9. The smallest absolute Gasteiger partial charge is 0.292 e. The van der Waals surface area contributed by atoms with E-state index in [9.17, 15) is 14.9 Å². The molecule has 1 amide bonds. The third kappa shape index (κ3) is 4.44. The van der Waals surface area contributed by atoms with Crippen LogP contribution in [0.15, 0.2) is 18.2 Å². The highest BCUT2D eigenvalue weighted by Crippen LogP contribution is 2.26. The van der Waals surface area contributed by atoms with Gasteiger partial charge in [0.25, 0.3) is 11.6 Å². The Labute approximate surface area is 125 Å². The summed E-state index contributed by atoms with van der Waals surface area (Å²) in [7, 11) is 1.75. The summed E-state index contributed by atoms with van der Waals surface area (Å²) in [4.78, 5) is 24.5. The van der Waals surface area contributed by atoms with E-state index < -0.39 is 4.92 Å². The van der Waals surface area contributed by atoms with Crippen LogP contribution < -0.4 is 5.32 Å². The number of hydrogen-bond donors (Lipinski definition) is 1. The Kier molecular flexibility index (Phi) is 6.14. The molecule has 0 heterocycles. The quantitative estimate of drug-likeness (QED) is 0.619. The predicted molar refractivity (Wildman–Crippen MR) is 83.7 cm³/mol. The second-order valence-electron chi connectivity index (χ2n) is 5.22. The van der Waals surface area contributed by atoms with E-state index in [0.717, 1.165) is 6.42 Å². The molecule has 0 saturated heterocycles. The van der Waals surface area contributed by atoms with Crippen LogP contribution in [0, 0.1) is 16.0 Å². The zero-order valence-electron chi connectivity index (χ0n) is 13.0. The molecule has 0 radical (unpaired) electrons. The highest BCUT2D eigenvalue weighted by molar-refractivity contribution is 5.95. The SMILES string of the molecule is CCNc1cc(C(=O)N(C)CC(C)CC)ccc1[N+](=O)[O-]. The largest absolute Gasteiger partial charge is 0.380 e. The number of benzene rings is 1. The van der Waals surface area contributed by atoms with E-state index in [-0.39, 0.29) is 11.6 Å². The number of nitro groups is 1. The fourth-order valence-corrected chi connectivity index (χ4v) is 2.06. The Morgan fingerprint density at radius 3 is 2.62 bits per heavy atom. The number of rotatable bonds is 7. The first-order chi connectivity index (χ1) is 9.90. The van der Waals surface area contributed by atoms with Crippen LogP contribution >= 0.6 is 0 Å². The lowest BCUT2D eigenvalue weighted by Crippen LogP contribution is -2.30. The average Bonchev–Trinajstić information content (AvgIpc) is 2.46. The highest BCUT2D eigenvalue weighted by atomic mass is 16.6. The van der Waals surface area contributed by atoms with Crippen molar-refractivity contribution in [3.63, 3.8) is 0 Å². The van der Waals surface area contributed by atoms with E-state index in [1.807, 2.05) is 6.92 Å². The number of nitrogens with zero attached hydrogens (tertiary/aromatic N) is 2. The van der Waals surface area contributed by atoms with Gasteiger partial charge in [0, 0.05) is 31.8 Å². The fraction of sp³-hybridized carbons (Fsp3) is 0.533. The van der Waals surface area contributed by atoms with Gasteiger partial charge in [-0.2, -0.15) is 0 Å². The van der Waals surface area contributed by atoms with Gasteiger partial charge in [0.05, 0.1) is 4.92 Å². The molecule has 6 nitrogen and oxygen atoms in total. The van der Waals surface area contributed by atoms with E-state index in [0.29, 0.717) is 30.3 Å². The van der Waals surface area contributed by atoms with Gasteiger partial charge in [0.2, 0.25) is 0 Å². The lowest BCUT2D eigenvalue weighted by Gasteiger charge is -2.21. The van der Waals surface area contributed by atoms with Crippen molar-refractivity contribution >= 4 is 17.3 Å². The predicted octanol–water partition coefficient (Wildman–Crippen LogP) is 3.14. The minimum absolute atomic E-state index is 0.0158. The molecule has 1 aromatic carbocycles. The molecule has 1 atom stereocenters. The van der Waals surface area contributed by atoms with Crippen molar-refractivity contribution in [2.75, 3.05) is 25.5 Å². The van der Waals surface area contributed by atoms with Gasteiger partial charge in [-0.1, -0.05) is 20.3 Å². The summed E-state index contributed by atoms with van der Waals surface area (Å²) in [5.74, 6) is 0.301. The number of carbonyl (C=O) groups excluding carboxylic acids is 1. The zero-order chi connectivity index (χ0) is 16.0. The first-order valence-electron chi connectivity index (χ1n) is 7.18. The lowest BCUT2D eigenvalue weighted by atomic mass is 10.1. The van der Waals surface area contributed by atoms with Gasteiger partial charge >= 0.3 is 0 Å². The molecule has 1 N–H and O–H groups in total. The molecule has 0 spiro atoms. The van der Waals surface area contributed by atoms with Gasteiger partial charge in [0.1, 0.15) is 5.69 Å². The summed E-state index contributed by atoms with van der Waals surface area (Å²) in [5.41, 5.74) is 0.825. The topological polar surface area (TPSA) is 75.5 Å². The van der Waals surface area contributed by atoms with Crippen molar-refractivity contribution in [1.29, 1.82) is 0 Å². The molecule has 116 valence electrons. The van der Waals surface area contributed by atoms with Crippen molar-refractivity contribution in [2.24, 2.45) is 5.92 Å². The lowest BCUT2D eigenvalue weighted by molar-refractivity contribution is -0.384. The van der Waals surface area contributed by atoms with Gasteiger partial charge in [-0.15, -0.1) is 0 Å². The number of amides is 1. The van der Waals surface area contributed by atoms with Crippen LogP contribution in [0.4, 0.5) is 11.4 Å². The Morgan fingerprint density at radius 2 is 2.10 bits per heavy atom. The van der Waals surface area contributed by atoms with Gasteiger partial charge in [-0.05, 0) is 25.0 Å². The van der Waals surface area contributed by atoms with E-state index >= 15 is 0 Å². The van der Waals surface area contributed by atoms with Crippen LogP contribution in [0.3, 0.4) is 0 Å². The second kappa shape index (κ2) is 7.61. The number of nitro benzene ring substituents is 1. The van der Waals surface area contributed by atoms with Gasteiger partial charge in [-0.3, -0.25) is 14.9 Å². The third-order valence-corrected chi connectivity index (χ3v) is 3.44. The normalized spacial score (nSPS) is 11.8. The first kappa shape index (κ1) is 16.9. The second-order valence-corrected chi connectivity index (χ2v) is 5.22. The number of nitrogens with one attached hydrogen (secondary N) is 1. The van der Waals surface area contributed by atoms with Gasteiger partial charge in [0.15, 0.2) is 0 Å². The van der Waals surface area contributed by atoms with Crippen LogP contribution in [0.5, 0.6) is 0 Å². The van der Waals surface area contributed by atoms with Gasteiger partial charge in [-0.25, -0.2) is 0 Å². The van der Waals surface area contributed by atoms with Crippen molar-refractivity contribution in [2.45, 2.75) is 27.2 Å². The maximum absolute atomic E-state index is 12.4. The number of carbonyl (C=O) groups is 1. The van der Waals surface area contributed by atoms with Crippen molar-refractivity contribution < 1.29 is 9.72 Å². The van der Waals surface area contributed by atoms with E-state index in [2.05, 4.69) is 19.2 Å². The molecular formula is C15H23N3O3. The molecule has 1 aromatic rings. The third-order valence-electron chi connectivity index (χ3n) is 3.44. The monoisotopic (exact) mass is 293 g/mol. The van der Waals surface area contributed by atoms with Crippen molar-refractivity contribution in [3.8, 4) is 0 Å². The summed E-state index contributed by atoms with van der Waals surface area (Å²) in [6.45, 7) is 7.25. The molecule has 0 aliphatic rings. The summed E-state index contributed by atoms with van der Waals surface area (Å²) >= 11 is 0. The van der Waals surface area contributed by atoms with E-state index in [4.69, 9.17) is 0 Å². The Hall–Kier alpha value is -2.11. The summed E-state index contributed by atoms with van der Waals surface area (Å²) in [6, 6.07) is 4.44. The molecule has 0 bridgehead atoms. The molecule has 1 unspecified atom stereocenters. The van der Waals surface area contributed by atoms with E-state index in [1.54, 1.807) is 18.0 Å². The standard InChI is InChI=1S/C15H23N3O3/c1-5-11(3)10-17(4)15(19)12-7-8-14(18(20)21)13(9-12)16-6-2/h7-9,11,16H,5-6,10H2,1-4H3. The molecule has 1 rings (SSSR count). The molecular weight excluding hydrogens is 270 g/mol. The van der Waals surface area contributed by atoms with Crippen molar-refractivity contribution in [1.82, 2.24) is 4.90 Å². The maximum atomic E-state index is 12.4. The Balaban J connectivity index is 3.00. The summed E-state index contributed by atoms with van der Waals surface area (Å²) in [6.07, 6.45) is 1.00. The van der Waals surface area contributed by atoms with Crippen LogP contribution in [-0.2, 0) is 0 Å². The molecule has 21 heavy (non-hydrogen) atoms. The molecule has 6 heteroatoms. The molecule has 0 saturated carbocycles. The van der Waals surface area contributed by atoms with Crippen molar-refractivity contribution in [3.05, 3.63) is 33.9 Å². The van der Waals surface area contributed by atoms with Crippen LogP contribution in [0.25, 0.3) is 0 Å². The minimum Gasteiger partial charge on any atom is -0.380 e. The molecule has 0 aliphatic carbocycles. The average molecular weight is 293 g/mol. The maximum Gasteiger partial charge on any atom is 0.292 e. The first-order valence-corrected chi connectivity index (χ1v) is 7.18. The Bertz CT molecular complexity index is 517. The van der Waals surface area contributed by atoms with E-state index in [1.165, 1.54) is 12.1 Å².